The smallest absolute Gasteiger partial charge is 0.252 e. The molecule has 119 heavy (non-hydrogen) atoms. The standard InChI is InChI=1S/C114H103BN4/c1-112(2,3)84-66-93(78-46-26-14-27-47-78)110(94(67-84)79-48-28-15-29-49-79)118-101-72-87(116-99-56-36-34-54-89(99)107-91(76-42-22-12-23-43-76)62-82(64-103(107)116)74-38-18-10-19-39-74)58-60-97(101)115-98-61-59-88(117-100-57-37-35-55-90(100)108-92(77-44-24-13-25-45-77)63-83(65-104(108)117)75-40-20-11-21-41-75)73-102(98)119(106-71-86(114(7,8)9)70-105(118)109(106)115)111-95(80-50-30-16-31-51-80)68-85(113(4,5)6)69-96(111)81-52-32-17-33-53-81/h10-16,18-30,34-49,52,54-68,70-73,80,85,96,111H,17,31-33,50-51,53,69H2,1-9H3/i34D,35D,36D,37D,54D,55D,56D,57D,58D,59D,60D,61D,62D,63D,64D,65D,70D,71D,72D,73D. The van der Waals surface area contributed by atoms with Gasteiger partial charge in [0, 0.05) is 72.7 Å². The minimum Gasteiger partial charge on any atom is -0.334 e. The maximum absolute atomic E-state index is 12.4. The van der Waals surface area contributed by atoms with E-state index in [1.807, 2.05) is 111 Å². The van der Waals surface area contributed by atoms with Crippen molar-refractivity contribution < 1.29 is 27.4 Å². The first-order valence-corrected chi connectivity index (χ1v) is 42.1. The third-order valence-corrected chi connectivity index (χ3v) is 25.5. The van der Waals surface area contributed by atoms with Crippen molar-refractivity contribution in [2.24, 2.45) is 23.2 Å². The molecule has 4 atom stereocenters. The van der Waals surface area contributed by atoms with Crippen LogP contribution in [0.1, 0.15) is 152 Å². The summed E-state index contributed by atoms with van der Waals surface area (Å²) >= 11 is 0. The average molecular weight is 1560 g/mol. The van der Waals surface area contributed by atoms with Crippen LogP contribution in [0.15, 0.2) is 350 Å². The lowest BCUT2D eigenvalue weighted by atomic mass is 9.33. The Morgan fingerprint density at radius 1 is 0.412 bits per heavy atom. The van der Waals surface area contributed by atoms with Crippen molar-refractivity contribution in [1.82, 2.24) is 9.13 Å². The van der Waals surface area contributed by atoms with E-state index in [0.29, 0.717) is 82.3 Å². The van der Waals surface area contributed by atoms with Gasteiger partial charge in [0.25, 0.3) is 6.71 Å². The van der Waals surface area contributed by atoms with E-state index in [1.54, 1.807) is 97.1 Å². The van der Waals surface area contributed by atoms with E-state index >= 15 is 0 Å². The normalized spacial score (nSPS) is 19.7. The molecule has 0 spiro atoms. The predicted octanol–water partition coefficient (Wildman–Crippen LogP) is 29.1. The zero-order chi connectivity index (χ0) is 98.0. The molecule has 4 nitrogen and oxygen atoms in total. The van der Waals surface area contributed by atoms with Gasteiger partial charge in [-0.1, -0.05) is 323 Å². The Balaban J connectivity index is 1.03. The zero-order valence-corrected chi connectivity index (χ0v) is 68.6. The summed E-state index contributed by atoms with van der Waals surface area (Å²) in [6.45, 7) is 17.2. The first kappa shape index (κ1) is 55.3. The van der Waals surface area contributed by atoms with Crippen molar-refractivity contribution in [1.29, 1.82) is 0 Å². The maximum Gasteiger partial charge on any atom is 0.252 e. The second-order valence-electron chi connectivity index (χ2n) is 36.0. The van der Waals surface area contributed by atoms with Crippen LogP contribution in [0.3, 0.4) is 0 Å². The van der Waals surface area contributed by atoms with Crippen molar-refractivity contribution in [3.05, 3.63) is 362 Å². The van der Waals surface area contributed by atoms with Gasteiger partial charge in [-0.05, 0) is 253 Å². The molecule has 0 saturated heterocycles. The third kappa shape index (κ3) is 12.8. The molecule has 5 heteroatoms. The topological polar surface area (TPSA) is 16.3 Å². The summed E-state index contributed by atoms with van der Waals surface area (Å²) in [5.41, 5.74) is 4.61. The minimum absolute atomic E-state index is 0.0296. The SMILES string of the molecule is [2H]c1c([2H])c(-n2c3c([2H])c([2H])c([2H])c([2H])c3c3c(-c4ccccc4)c([2H])c(-c4ccccc4)c([2H])c32)c([2H])c2c1B1c3c([2H])c([2H])c(-n4c5c([2H])c([2H])c([2H])c([2H])c5c5c(-c6ccccc6)c([2H])c(-c6ccccc6)c([2H])c54)c([2H])c3N(C3C(C4CC=CCC4)=CC(C(C)(C)C)CC3C3=CCCCC3)c3c([2H])c(C(C)(C)C)c([2H])c(c31)N2c1c(-c2ccccc2)cc(C(C)(C)C)cc1-c1ccccc1. The molecule has 0 amide bonds. The van der Waals surface area contributed by atoms with Crippen LogP contribution >= 0.6 is 0 Å². The number of nitrogens with zero attached hydrogens (tertiary/aromatic N) is 4. The Bertz CT molecular complexity index is 7950. The third-order valence-electron chi connectivity index (χ3n) is 25.5. The average Bonchev–Trinajstić information content (AvgIpc) is 1.62. The lowest BCUT2D eigenvalue weighted by Gasteiger charge is -2.53. The molecule has 0 N–H and O–H groups in total. The number of aromatic nitrogens is 2. The van der Waals surface area contributed by atoms with E-state index in [-0.39, 0.29) is 164 Å². The van der Waals surface area contributed by atoms with E-state index in [1.165, 1.54) is 9.13 Å². The first-order valence-electron chi connectivity index (χ1n) is 52.1. The molecule has 16 aromatic rings. The van der Waals surface area contributed by atoms with Crippen LogP contribution in [0.2, 0.25) is 0 Å². The molecule has 0 bridgehead atoms. The number of allylic oxidation sites excluding steroid dienone is 4. The highest BCUT2D eigenvalue weighted by Gasteiger charge is 2.51. The summed E-state index contributed by atoms with van der Waals surface area (Å²) in [6, 6.07) is 48.7. The highest BCUT2D eigenvalue weighted by Crippen LogP contribution is 2.57. The van der Waals surface area contributed by atoms with E-state index in [0.717, 1.165) is 36.0 Å². The summed E-state index contributed by atoms with van der Waals surface area (Å²) in [6.07, 6.45) is 15.0. The van der Waals surface area contributed by atoms with Crippen molar-refractivity contribution in [3.8, 4) is 78.1 Å². The van der Waals surface area contributed by atoms with Crippen LogP contribution in [0.5, 0.6) is 0 Å². The number of benzene rings is 14. The van der Waals surface area contributed by atoms with Crippen molar-refractivity contribution >= 4 is 95.1 Å². The lowest BCUT2D eigenvalue weighted by molar-refractivity contribution is 0.220. The predicted molar refractivity (Wildman–Crippen MR) is 509 cm³/mol. The zero-order valence-electron chi connectivity index (χ0n) is 88.6. The highest BCUT2D eigenvalue weighted by atomic mass is 15.2. The fourth-order valence-corrected chi connectivity index (χ4v) is 19.4. The minimum atomic E-state index is -1.75. The largest absolute Gasteiger partial charge is 0.334 e. The Morgan fingerprint density at radius 2 is 0.882 bits per heavy atom. The van der Waals surface area contributed by atoms with Crippen LogP contribution in [0.4, 0.5) is 28.4 Å². The number of hydrogen-bond donors (Lipinski definition) is 0. The van der Waals surface area contributed by atoms with Gasteiger partial charge in [-0.25, -0.2) is 0 Å². The molecule has 2 aromatic heterocycles. The number of hydrogen-bond acceptors (Lipinski definition) is 2. The molecule has 14 aromatic carbocycles. The summed E-state index contributed by atoms with van der Waals surface area (Å²) in [5, 5.41) is -0.174. The molecular weight excluding hydrogens is 1440 g/mol. The van der Waals surface area contributed by atoms with Gasteiger partial charge < -0.3 is 18.9 Å². The van der Waals surface area contributed by atoms with E-state index in [9.17, 15) is 27.4 Å². The van der Waals surface area contributed by atoms with Crippen LogP contribution < -0.4 is 26.2 Å². The van der Waals surface area contributed by atoms with E-state index in [2.05, 4.69) is 82.9 Å². The monoisotopic (exact) mass is 1560 g/mol. The Morgan fingerprint density at radius 3 is 1.35 bits per heavy atom. The molecule has 0 radical (unpaired) electrons. The molecule has 0 fully saturated rings. The van der Waals surface area contributed by atoms with Crippen LogP contribution in [-0.4, -0.2) is 21.9 Å². The Labute approximate surface area is 731 Å². The number of para-hydroxylation sites is 2. The molecule has 21 rings (SSSR count). The number of rotatable bonds is 12. The Hall–Kier alpha value is -12.4. The van der Waals surface area contributed by atoms with Gasteiger partial charge in [0.15, 0.2) is 0 Å². The molecule has 4 unspecified atom stereocenters. The van der Waals surface area contributed by atoms with Gasteiger partial charge in [0.1, 0.15) is 0 Å². The molecule has 582 valence electrons. The number of fused-ring (bicyclic) bond motifs is 10. The van der Waals surface area contributed by atoms with Crippen molar-refractivity contribution in [2.75, 3.05) is 9.80 Å². The summed E-state index contributed by atoms with van der Waals surface area (Å²) < 4.78 is 222. The summed E-state index contributed by atoms with van der Waals surface area (Å²) in [7, 11) is 0. The second-order valence-corrected chi connectivity index (χ2v) is 36.0. The molecule has 2 aliphatic heterocycles. The lowest BCUT2D eigenvalue weighted by Crippen LogP contribution is -2.64. The molecule has 3 aliphatic carbocycles. The van der Waals surface area contributed by atoms with Crippen LogP contribution in [0, 0.1) is 23.2 Å². The van der Waals surface area contributed by atoms with Gasteiger partial charge in [0.2, 0.25) is 0 Å². The van der Waals surface area contributed by atoms with E-state index < -0.39 is 125 Å². The van der Waals surface area contributed by atoms with Gasteiger partial charge in [0.05, 0.1) is 61.2 Å². The highest BCUT2D eigenvalue weighted by molar-refractivity contribution is 7.00. The maximum atomic E-state index is 12.4. The second kappa shape index (κ2) is 29.3. The van der Waals surface area contributed by atoms with Gasteiger partial charge in [-0.15, -0.1) is 0 Å². The van der Waals surface area contributed by atoms with Crippen LogP contribution in [0.25, 0.3) is 122 Å². The first-order chi connectivity index (χ1) is 66.4. The molecule has 5 aliphatic rings. The number of anilines is 5. The molecule has 0 saturated carbocycles. The van der Waals surface area contributed by atoms with Crippen LogP contribution in [-0.2, 0) is 10.8 Å². The molecule has 4 heterocycles. The van der Waals surface area contributed by atoms with Crippen molar-refractivity contribution in [3.63, 3.8) is 0 Å². The van der Waals surface area contributed by atoms with Gasteiger partial charge in [-0.3, -0.25) is 0 Å². The summed E-state index contributed by atoms with van der Waals surface area (Å²) in [4.78, 5) is 3.95. The fourth-order valence-electron chi connectivity index (χ4n) is 19.4. The van der Waals surface area contributed by atoms with Gasteiger partial charge in [-0.2, -0.15) is 0 Å². The molecular formula is C114H103BN4. The van der Waals surface area contributed by atoms with E-state index in [4.69, 9.17) is 0 Å². The quantitative estimate of drug-likeness (QED) is 0.0895. The van der Waals surface area contributed by atoms with Gasteiger partial charge >= 0.3 is 0 Å². The fraction of sp³-hybridized carbons (Fsp3) is 0.211. The van der Waals surface area contributed by atoms with Crippen molar-refractivity contribution in [2.45, 2.75) is 131 Å². The summed E-state index contributed by atoms with van der Waals surface area (Å²) in [5.74, 6) is -0.741. The Kier molecular flexibility index (Phi) is 13.6.